The van der Waals surface area contributed by atoms with Gasteiger partial charge in [0.2, 0.25) is 0 Å². The number of ether oxygens (including phenoxy) is 2. The summed E-state index contributed by atoms with van der Waals surface area (Å²) in [5.41, 5.74) is 7.15. The number of nitrogens with zero attached hydrogens (tertiary/aromatic N) is 3. The molecule has 1 fully saturated rings. The molecule has 3 N–H and O–H groups in total. The lowest BCUT2D eigenvalue weighted by atomic mass is 10.0. The highest BCUT2D eigenvalue weighted by atomic mass is 19.4. The van der Waals surface area contributed by atoms with Crippen LogP contribution in [-0.4, -0.2) is 42.9 Å². The lowest BCUT2D eigenvalue weighted by Gasteiger charge is -2.33. The Morgan fingerprint density at radius 1 is 1.17 bits per heavy atom. The molecule has 2 aliphatic heterocycles. The predicted molar refractivity (Wildman–Crippen MR) is 129 cm³/mol. The molecule has 7 nitrogen and oxygen atoms in total. The summed E-state index contributed by atoms with van der Waals surface area (Å²) in [7, 11) is 0. The minimum absolute atomic E-state index is 0.0601. The number of alkyl halides is 3. The Bertz CT molecular complexity index is 1240. The van der Waals surface area contributed by atoms with Crippen LogP contribution in [0.15, 0.2) is 30.3 Å². The highest BCUT2D eigenvalue weighted by Crippen LogP contribution is 2.39. The number of rotatable bonds is 5. The van der Waals surface area contributed by atoms with Gasteiger partial charge in [-0.1, -0.05) is 0 Å². The van der Waals surface area contributed by atoms with Crippen LogP contribution in [0.3, 0.4) is 0 Å². The van der Waals surface area contributed by atoms with Gasteiger partial charge in [0.25, 0.3) is 0 Å². The largest absolute Gasteiger partial charge is 0.489 e. The molecule has 0 aliphatic carbocycles. The third kappa shape index (κ3) is 4.93. The Morgan fingerprint density at radius 3 is 2.74 bits per heavy atom. The minimum Gasteiger partial charge on any atom is -0.489 e. The molecule has 2 aliphatic rings. The number of halogens is 3. The van der Waals surface area contributed by atoms with Crippen molar-refractivity contribution < 1.29 is 22.6 Å². The molecule has 0 spiro atoms. The summed E-state index contributed by atoms with van der Waals surface area (Å²) in [4.78, 5) is 11.5. The average molecular weight is 488 g/mol. The zero-order valence-corrected chi connectivity index (χ0v) is 19.7. The number of anilines is 3. The molecule has 2 atom stereocenters. The smallest absolute Gasteiger partial charge is 0.416 e. The first-order valence-corrected chi connectivity index (χ1v) is 11.7. The van der Waals surface area contributed by atoms with Crippen molar-refractivity contribution in [2.75, 3.05) is 48.9 Å². The van der Waals surface area contributed by atoms with E-state index >= 15 is 0 Å². The maximum atomic E-state index is 13.3. The van der Waals surface area contributed by atoms with Crippen molar-refractivity contribution >= 4 is 28.1 Å². The zero-order chi connectivity index (χ0) is 24.7. The van der Waals surface area contributed by atoms with E-state index in [1.54, 1.807) is 19.9 Å². The van der Waals surface area contributed by atoms with E-state index in [2.05, 4.69) is 20.2 Å². The topological polar surface area (TPSA) is 85.5 Å². The van der Waals surface area contributed by atoms with Gasteiger partial charge in [0.15, 0.2) is 0 Å². The average Bonchev–Trinajstić information content (AvgIpc) is 3.30. The number of aryl methyl sites for hydroxylation is 1. The normalized spacial score (nSPS) is 18.9. The molecule has 10 heteroatoms. The molecule has 3 heterocycles. The van der Waals surface area contributed by atoms with Gasteiger partial charge in [0.1, 0.15) is 24.0 Å². The first kappa shape index (κ1) is 23.5. The number of benzene rings is 2. The maximum absolute atomic E-state index is 13.3. The van der Waals surface area contributed by atoms with Crippen LogP contribution in [0.4, 0.5) is 30.4 Å². The SMILES string of the molecule is Cc1nc(N[C@H](C)c2cc(N)cc(C(F)(F)F)c2)c2cc3c(cc2n1)OCCN3C[C@H]1CCOC1. The van der Waals surface area contributed by atoms with Crippen LogP contribution >= 0.6 is 0 Å². The molecule has 186 valence electrons. The Hall–Kier alpha value is -3.27. The Labute approximate surface area is 201 Å². The Kier molecular flexibility index (Phi) is 6.08. The molecule has 0 amide bonds. The van der Waals surface area contributed by atoms with Crippen molar-refractivity contribution in [3.05, 3.63) is 47.3 Å². The second kappa shape index (κ2) is 9.07. The quantitative estimate of drug-likeness (QED) is 0.493. The minimum atomic E-state index is -4.48. The molecule has 0 bridgehead atoms. The maximum Gasteiger partial charge on any atom is 0.416 e. The van der Waals surface area contributed by atoms with Crippen molar-refractivity contribution in [1.29, 1.82) is 0 Å². The monoisotopic (exact) mass is 487 g/mol. The van der Waals surface area contributed by atoms with Gasteiger partial charge in [-0.15, -0.1) is 0 Å². The third-order valence-electron chi connectivity index (χ3n) is 6.51. The summed E-state index contributed by atoms with van der Waals surface area (Å²) in [6, 6.07) is 7.05. The van der Waals surface area contributed by atoms with E-state index < -0.39 is 17.8 Å². The predicted octanol–water partition coefficient (Wildman–Crippen LogP) is 4.95. The van der Waals surface area contributed by atoms with Crippen molar-refractivity contribution in [3.8, 4) is 5.75 Å². The van der Waals surface area contributed by atoms with Crippen LogP contribution in [0.5, 0.6) is 5.75 Å². The fraction of sp³-hybridized carbons (Fsp3) is 0.440. The standard InChI is InChI=1S/C25H28F3N5O2/c1-14(17-7-18(25(26,27)28)9-19(29)8-17)30-24-20-10-22-23(11-21(20)31-15(2)32-24)35-6-4-33(22)12-16-3-5-34-13-16/h7-11,14,16H,3-6,12-13,29H2,1-2H3,(H,30,31,32)/t14-,16-/m1/s1. The van der Waals surface area contributed by atoms with Gasteiger partial charge >= 0.3 is 6.18 Å². The molecular weight excluding hydrogens is 459 g/mol. The fourth-order valence-corrected chi connectivity index (χ4v) is 4.73. The van der Waals surface area contributed by atoms with E-state index in [1.165, 1.54) is 0 Å². The highest BCUT2D eigenvalue weighted by Gasteiger charge is 2.31. The van der Waals surface area contributed by atoms with E-state index in [4.69, 9.17) is 15.2 Å². The second-order valence-corrected chi connectivity index (χ2v) is 9.23. The highest BCUT2D eigenvalue weighted by molar-refractivity contribution is 5.94. The van der Waals surface area contributed by atoms with Gasteiger partial charge in [-0.05, 0) is 50.1 Å². The van der Waals surface area contributed by atoms with Crippen LogP contribution < -0.4 is 20.7 Å². The van der Waals surface area contributed by atoms with Crippen LogP contribution in [0, 0.1) is 12.8 Å². The first-order chi connectivity index (χ1) is 16.7. The van der Waals surface area contributed by atoms with Gasteiger partial charge < -0.3 is 25.4 Å². The summed E-state index contributed by atoms with van der Waals surface area (Å²) in [6.07, 6.45) is -3.44. The lowest BCUT2D eigenvalue weighted by molar-refractivity contribution is -0.137. The van der Waals surface area contributed by atoms with Crippen molar-refractivity contribution in [3.63, 3.8) is 0 Å². The molecule has 1 saturated heterocycles. The zero-order valence-electron chi connectivity index (χ0n) is 19.7. The molecule has 0 saturated carbocycles. The molecule has 1 aromatic heterocycles. The number of hydrogen-bond acceptors (Lipinski definition) is 7. The molecule has 3 aromatic rings. The number of aromatic nitrogens is 2. The van der Waals surface area contributed by atoms with Crippen LogP contribution in [0.2, 0.25) is 0 Å². The van der Waals surface area contributed by atoms with Crippen LogP contribution in [0.25, 0.3) is 10.9 Å². The van der Waals surface area contributed by atoms with E-state index in [1.807, 2.05) is 12.1 Å². The number of nitrogens with two attached hydrogens (primary N) is 1. The summed E-state index contributed by atoms with van der Waals surface area (Å²) < 4.78 is 51.4. The lowest BCUT2D eigenvalue weighted by Crippen LogP contribution is -2.36. The number of hydrogen-bond donors (Lipinski definition) is 2. The molecule has 0 radical (unpaired) electrons. The van der Waals surface area contributed by atoms with Gasteiger partial charge in [-0.2, -0.15) is 13.2 Å². The number of nitrogen functional groups attached to an aromatic ring is 1. The number of nitrogens with one attached hydrogen (secondary N) is 1. The summed E-state index contributed by atoms with van der Waals surface area (Å²) in [5.74, 6) is 2.33. The molecule has 0 unspecified atom stereocenters. The van der Waals surface area contributed by atoms with Crippen molar-refractivity contribution in [2.45, 2.75) is 32.5 Å². The third-order valence-corrected chi connectivity index (χ3v) is 6.51. The van der Waals surface area contributed by atoms with Crippen LogP contribution in [-0.2, 0) is 10.9 Å². The van der Waals surface area contributed by atoms with Gasteiger partial charge in [-0.25, -0.2) is 9.97 Å². The Morgan fingerprint density at radius 2 is 2.00 bits per heavy atom. The van der Waals surface area contributed by atoms with Gasteiger partial charge in [0.05, 0.1) is 36.0 Å². The van der Waals surface area contributed by atoms with E-state index in [-0.39, 0.29) is 5.69 Å². The van der Waals surface area contributed by atoms with Crippen molar-refractivity contribution in [1.82, 2.24) is 9.97 Å². The molecular formula is C25H28F3N5O2. The summed E-state index contributed by atoms with van der Waals surface area (Å²) in [5, 5.41) is 4.07. The van der Waals surface area contributed by atoms with E-state index in [0.29, 0.717) is 35.2 Å². The molecule has 2 aromatic carbocycles. The summed E-state index contributed by atoms with van der Waals surface area (Å²) in [6.45, 7) is 7.35. The number of fused-ring (bicyclic) bond motifs is 2. The summed E-state index contributed by atoms with van der Waals surface area (Å²) >= 11 is 0. The van der Waals surface area contributed by atoms with Crippen LogP contribution in [0.1, 0.15) is 36.3 Å². The molecule has 35 heavy (non-hydrogen) atoms. The van der Waals surface area contributed by atoms with E-state index in [9.17, 15) is 13.2 Å². The first-order valence-electron chi connectivity index (χ1n) is 11.7. The molecule has 5 rings (SSSR count). The Balaban J connectivity index is 1.50. The van der Waals surface area contributed by atoms with E-state index in [0.717, 1.165) is 61.7 Å². The second-order valence-electron chi connectivity index (χ2n) is 9.23. The van der Waals surface area contributed by atoms with Crippen molar-refractivity contribution in [2.24, 2.45) is 5.92 Å². The fourth-order valence-electron chi connectivity index (χ4n) is 4.73. The van der Waals surface area contributed by atoms with Gasteiger partial charge in [0, 0.05) is 36.2 Å². The van der Waals surface area contributed by atoms with Gasteiger partial charge in [-0.3, -0.25) is 0 Å².